The average molecular weight is 322 g/mol. The summed E-state index contributed by atoms with van der Waals surface area (Å²) in [5.74, 6) is 1.14. The SMILES string of the molecule is CN(C)[C@@]12C[C@@H]1CN(Cc1ccccc1)[C@H]2Cc1ccc(O)cc1. The van der Waals surface area contributed by atoms with Crippen LogP contribution in [0.5, 0.6) is 5.75 Å². The number of hydrogen-bond acceptors (Lipinski definition) is 3. The summed E-state index contributed by atoms with van der Waals surface area (Å²) in [4.78, 5) is 5.12. The lowest BCUT2D eigenvalue weighted by atomic mass is 9.96. The highest BCUT2D eigenvalue weighted by atomic mass is 16.3. The van der Waals surface area contributed by atoms with Gasteiger partial charge < -0.3 is 10.0 Å². The fourth-order valence-electron chi connectivity index (χ4n) is 4.69. The monoisotopic (exact) mass is 322 g/mol. The van der Waals surface area contributed by atoms with Gasteiger partial charge in [0.1, 0.15) is 5.75 Å². The molecule has 0 spiro atoms. The fraction of sp³-hybridized carbons (Fsp3) is 0.429. The van der Waals surface area contributed by atoms with Crippen molar-refractivity contribution in [1.82, 2.24) is 9.80 Å². The Morgan fingerprint density at radius 1 is 1.04 bits per heavy atom. The van der Waals surface area contributed by atoms with E-state index in [9.17, 15) is 5.11 Å². The molecule has 2 aromatic rings. The molecule has 2 fully saturated rings. The first kappa shape index (κ1) is 15.7. The van der Waals surface area contributed by atoms with Gasteiger partial charge in [-0.25, -0.2) is 0 Å². The van der Waals surface area contributed by atoms with Crippen molar-refractivity contribution in [3.63, 3.8) is 0 Å². The van der Waals surface area contributed by atoms with Gasteiger partial charge in [0.15, 0.2) is 0 Å². The number of phenolic OH excluding ortho intramolecular Hbond substituents is 1. The molecule has 4 rings (SSSR count). The molecule has 2 aliphatic rings. The summed E-state index contributed by atoms with van der Waals surface area (Å²) in [6.45, 7) is 2.21. The van der Waals surface area contributed by atoms with Crippen LogP contribution in [0.4, 0.5) is 0 Å². The zero-order chi connectivity index (χ0) is 16.7. The molecule has 1 aliphatic heterocycles. The molecule has 3 heteroatoms. The predicted molar refractivity (Wildman–Crippen MR) is 97.0 cm³/mol. The number of aromatic hydroxyl groups is 1. The first-order chi connectivity index (χ1) is 11.6. The van der Waals surface area contributed by atoms with E-state index in [-0.39, 0.29) is 0 Å². The molecule has 1 aliphatic carbocycles. The first-order valence-electron chi connectivity index (χ1n) is 8.83. The standard InChI is InChI=1S/C21H26N2O/c1-22(2)21-13-18(21)15-23(14-17-6-4-3-5-7-17)20(21)12-16-8-10-19(24)11-9-16/h3-11,18,20,24H,12-15H2,1-2H3/t18-,20+,21+/m1/s1. The third-order valence-electron chi connectivity index (χ3n) is 6.02. The largest absolute Gasteiger partial charge is 0.508 e. The van der Waals surface area contributed by atoms with E-state index in [1.54, 1.807) is 12.1 Å². The Labute approximate surface area is 144 Å². The Kier molecular flexibility index (Phi) is 3.86. The lowest BCUT2D eigenvalue weighted by Crippen LogP contribution is -2.48. The Morgan fingerprint density at radius 3 is 2.42 bits per heavy atom. The van der Waals surface area contributed by atoms with Gasteiger partial charge in [0.2, 0.25) is 0 Å². The number of hydrogen-bond donors (Lipinski definition) is 1. The molecule has 3 atom stereocenters. The Bertz CT molecular complexity index is 698. The fourth-order valence-corrected chi connectivity index (χ4v) is 4.69. The number of likely N-dealkylation sites (tertiary alicyclic amines) is 1. The van der Waals surface area contributed by atoms with Crippen molar-refractivity contribution in [2.75, 3.05) is 20.6 Å². The van der Waals surface area contributed by atoms with Gasteiger partial charge in [-0.3, -0.25) is 4.90 Å². The molecule has 0 bridgehead atoms. The van der Waals surface area contributed by atoms with E-state index in [4.69, 9.17) is 0 Å². The van der Waals surface area contributed by atoms with E-state index in [1.165, 1.54) is 24.1 Å². The van der Waals surface area contributed by atoms with Gasteiger partial charge in [0.25, 0.3) is 0 Å². The first-order valence-corrected chi connectivity index (χ1v) is 8.83. The molecule has 1 heterocycles. The van der Waals surface area contributed by atoms with Crippen LogP contribution in [0.15, 0.2) is 54.6 Å². The maximum atomic E-state index is 9.54. The number of nitrogens with zero attached hydrogens (tertiary/aromatic N) is 2. The molecule has 126 valence electrons. The number of fused-ring (bicyclic) bond motifs is 1. The molecular weight excluding hydrogens is 296 g/mol. The van der Waals surface area contributed by atoms with Crippen LogP contribution in [-0.4, -0.2) is 47.1 Å². The average Bonchev–Trinajstić information content (AvgIpc) is 3.23. The molecule has 24 heavy (non-hydrogen) atoms. The minimum absolute atomic E-state index is 0.326. The quantitative estimate of drug-likeness (QED) is 0.916. The highest BCUT2D eigenvalue weighted by molar-refractivity contribution is 5.31. The summed E-state index contributed by atoms with van der Waals surface area (Å²) in [5, 5.41) is 9.54. The van der Waals surface area contributed by atoms with Gasteiger partial charge in [-0.15, -0.1) is 0 Å². The third kappa shape index (κ3) is 2.62. The number of benzene rings is 2. The zero-order valence-electron chi connectivity index (χ0n) is 14.5. The van der Waals surface area contributed by atoms with Crippen LogP contribution in [0.3, 0.4) is 0 Å². The van der Waals surface area contributed by atoms with Crippen LogP contribution in [0.2, 0.25) is 0 Å². The van der Waals surface area contributed by atoms with Gasteiger partial charge in [0, 0.05) is 24.7 Å². The van der Waals surface area contributed by atoms with Crippen molar-refractivity contribution in [1.29, 1.82) is 0 Å². The molecule has 1 saturated carbocycles. The third-order valence-corrected chi connectivity index (χ3v) is 6.02. The van der Waals surface area contributed by atoms with Crippen LogP contribution in [0.1, 0.15) is 17.5 Å². The number of rotatable bonds is 5. The van der Waals surface area contributed by atoms with E-state index in [1.807, 2.05) is 0 Å². The predicted octanol–water partition coefficient (Wildman–Crippen LogP) is 3.14. The van der Waals surface area contributed by atoms with E-state index < -0.39 is 0 Å². The smallest absolute Gasteiger partial charge is 0.115 e. The number of likely N-dealkylation sites (N-methyl/N-ethyl adjacent to an activating group) is 1. The molecule has 0 radical (unpaired) electrons. The second kappa shape index (κ2) is 5.91. The molecule has 0 aromatic heterocycles. The highest BCUT2D eigenvalue weighted by Gasteiger charge is 2.66. The van der Waals surface area contributed by atoms with Gasteiger partial charge in [0.05, 0.1) is 0 Å². The Morgan fingerprint density at radius 2 is 1.75 bits per heavy atom. The van der Waals surface area contributed by atoms with E-state index in [0.29, 0.717) is 17.3 Å². The topological polar surface area (TPSA) is 26.7 Å². The summed E-state index contributed by atoms with van der Waals surface area (Å²) in [6, 6.07) is 19.1. The van der Waals surface area contributed by atoms with Crippen molar-refractivity contribution >= 4 is 0 Å². The maximum absolute atomic E-state index is 9.54. The minimum atomic E-state index is 0.326. The molecule has 0 amide bonds. The van der Waals surface area contributed by atoms with Crippen LogP contribution in [-0.2, 0) is 13.0 Å². The van der Waals surface area contributed by atoms with Gasteiger partial charge in [-0.05, 0) is 56.1 Å². The summed E-state index contributed by atoms with van der Waals surface area (Å²) in [6.07, 6.45) is 2.36. The summed E-state index contributed by atoms with van der Waals surface area (Å²) in [7, 11) is 4.46. The molecule has 2 aromatic carbocycles. The Hall–Kier alpha value is -1.84. The van der Waals surface area contributed by atoms with Crippen molar-refractivity contribution in [3.8, 4) is 5.75 Å². The molecule has 0 unspecified atom stereocenters. The van der Waals surface area contributed by atoms with Crippen LogP contribution < -0.4 is 0 Å². The maximum Gasteiger partial charge on any atom is 0.115 e. The lowest BCUT2D eigenvalue weighted by molar-refractivity contribution is 0.133. The van der Waals surface area contributed by atoms with E-state index in [2.05, 4.69) is 66.4 Å². The molecule has 1 saturated heterocycles. The second-order valence-electron chi connectivity index (χ2n) is 7.59. The summed E-state index contributed by atoms with van der Waals surface area (Å²) < 4.78 is 0. The summed E-state index contributed by atoms with van der Waals surface area (Å²) in [5.41, 5.74) is 3.03. The molecular formula is C21H26N2O. The molecule has 3 nitrogen and oxygen atoms in total. The highest BCUT2D eigenvalue weighted by Crippen LogP contribution is 2.57. The van der Waals surface area contributed by atoms with Crippen molar-refractivity contribution in [2.24, 2.45) is 5.92 Å². The normalized spacial score (nSPS) is 29.0. The van der Waals surface area contributed by atoms with Crippen molar-refractivity contribution in [3.05, 3.63) is 65.7 Å². The lowest BCUT2D eigenvalue weighted by Gasteiger charge is -2.36. The zero-order valence-corrected chi connectivity index (χ0v) is 14.5. The van der Waals surface area contributed by atoms with Gasteiger partial charge in [-0.1, -0.05) is 42.5 Å². The number of piperidine rings is 1. The summed E-state index contributed by atoms with van der Waals surface area (Å²) >= 11 is 0. The second-order valence-corrected chi connectivity index (χ2v) is 7.59. The van der Waals surface area contributed by atoms with Gasteiger partial charge in [-0.2, -0.15) is 0 Å². The Balaban J connectivity index is 1.58. The van der Waals surface area contributed by atoms with Gasteiger partial charge >= 0.3 is 0 Å². The van der Waals surface area contributed by atoms with E-state index in [0.717, 1.165) is 18.9 Å². The minimum Gasteiger partial charge on any atom is -0.508 e. The van der Waals surface area contributed by atoms with E-state index >= 15 is 0 Å². The molecule has 1 N–H and O–H groups in total. The van der Waals surface area contributed by atoms with Crippen LogP contribution in [0.25, 0.3) is 0 Å². The van der Waals surface area contributed by atoms with Crippen molar-refractivity contribution < 1.29 is 5.11 Å². The van der Waals surface area contributed by atoms with Crippen molar-refractivity contribution in [2.45, 2.75) is 31.0 Å². The van der Waals surface area contributed by atoms with Crippen LogP contribution >= 0.6 is 0 Å². The number of phenols is 1. The van der Waals surface area contributed by atoms with Crippen LogP contribution in [0, 0.1) is 5.92 Å².